The molecule has 1 aromatic heterocycles. The Morgan fingerprint density at radius 1 is 1.57 bits per heavy atom. The fraction of sp³-hybridized carbons (Fsp3) is 0.455. The second-order valence-electron chi connectivity index (χ2n) is 3.84. The van der Waals surface area contributed by atoms with Crippen LogP contribution in [-0.4, -0.2) is 10.8 Å². The zero-order chi connectivity index (χ0) is 9.97. The number of aromatic nitrogens is 1. The first-order chi connectivity index (χ1) is 6.75. The summed E-state index contributed by atoms with van der Waals surface area (Å²) in [6, 6.07) is 4.05. The first kappa shape index (κ1) is 9.19. The van der Waals surface area contributed by atoms with Gasteiger partial charge in [-0.05, 0) is 31.4 Å². The Morgan fingerprint density at radius 3 is 2.93 bits per heavy atom. The Labute approximate surface area is 84.1 Å². The number of hydrogen-bond acceptors (Lipinski definition) is 2. The standard InChI is InChI=1S/C11H15N3/c1-8-2-5-10(13-6-8)7-14-11(12)9-3-4-9/h2,5-6,9H,3-4,7H2,1H3,(H2,12,14). The van der Waals surface area contributed by atoms with Gasteiger partial charge in [0.2, 0.25) is 0 Å². The third-order valence-electron chi connectivity index (χ3n) is 2.39. The highest BCUT2D eigenvalue weighted by Crippen LogP contribution is 2.28. The van der Waals surface area contributed by atoms with E-state index in [1.165, 1.54) is 18.4 Å². The average molecular weight is 189 g/mol. The first-order valence-corrected chi connectivity index (χ1v) is 4.97. The molecule has 1 aliphatic rings. The molecule has 0 aromatic carbocycles. The van der Waals surface area contributed by atoms with Crippen LogP contribution < -0.4 is 5.73 Å². The van der Waals surface area contributed by atoms with Crippen molar-refractivity contribution < 1.29 is 0 Å². The third kappa shape index (κ3) is 2.31. The Kier molecular flexibility index (Phi) is 2.48. The summed E-state index contributed by atoms with van der Waals surface area (Å²) in [4.78, 5) is 8.59. The lowest BCUT2D eigenvalue weighted by atomic mass is 10.3. The largest absolute Gasteiger partial charge is 0.387 e. The van der Waals surface area contributed by atoms with E-state index < -0.39 is 0 Å². The number of pyridine rings is 1. The summed E-state index contributed by atoms with van der Waals surface area (Å²) in [5.74, 6) is 1.35. The monoisotopic (exact) mass is 189 g/mol. The molecule has 0 atom stereocenters. The molecular formula is C11H15N3. The van der Waals surface area contributed by atoms with E-state index in [1.807, 2.05) is 25.3 Å². The molecule has 0 radical (unpaired) electrons. The van der Waals surface area contributed by atoms with E-state index in [0.717, 1.165) is 11.5 Å². The number of nitrogens with two attached hydrogens (primary N) is 1. The van der Waals surface area contributed by atoms with Crippen molar-refractivity contribution in [3.63, 3.8) is 0 Å². The smallest absolute Gasteiger partial charge is 0.0973 e. The minimum atomic E-state index is 0.556. The number of aryl methyl sites for hydroxylation is 1. The summed E-state index contributed by atoms with van der Waals surface area (Å²) in [6.45, 7) is 2.64. The van der Waals surface area contributed by atoms with Crippen molar-refractivity contribution in [2.75, 3.05) is 0 Å². The Morgan fingerprint density at radius 2 is 2.36 bits per heavy atom. The maximum absolute atomic E-state index is 5.78. The van der Waals surface area contributed by atoms with E-state index in [9.17, 15) is 0 Å². The van der Waals surface area contributed by atoms with Crippen LogP contribution in [0, 0.1) is 12.8 Å². The van der Waals surface area contributed by atoms with Crippen LogP contribution in [0.15, 0.2) is 23.3 Å². The van der Waals surface area contributed by atoms with Crippen LogP contribution in [0.1, 0.15) is 24.1 Å². The summed E-state index contributed by atoms with van der Waals surface area (Å²) in [7, 11) is 0. The molecular weight excluding hydrogens is 174 g/mol. The summed E-state index contributed by atoms with van der Waals surface area (Å²) in [5.41, 5.74) is 7.94. The lowest BCUT2D eigenvalue weighted by Gasteiger charge is -1.98. The van der Waals surface area contributed by atoms with Gasteiger partial charge in [0.25, 0.3) is 0 Å². The van der Waals surface area contributed by atoms with Crippen LogP contribution in [0.5, 0.6) is 0 Å². The average Bonchev–Trinajstić information content (AvgIpc) is 3.00. The zero-order valence-corrected chi connectivity index (χ0v) is 8.40. The van der Waals surface area contributed by atoms with Gasteiger partial charge in [-0.2, -0.15) is 0 Å². The quantitative estimate of drug-likeness (QED) is 0.580. The number of amidine groups is 1. The highest BCUT2D eigenvalue weighted by molar-refractivity contribution is 5.84. The molecule has 1 fully saturated rings. The maximum Gasteiger partial charge on any atom is 0.0973 e. The SMILES string of the molecule is Cc1ccc(CN=C(N)C2CC2)nc1. The van der Waals surface area contributed by atoms with Crippen molar-refractivity contribution >= 4 is 5.84 Å². The molecule has 0 unspecified atom stereocenters. The highest BCUT2D eigenvalue weighted by atomic mass is 14.9. The van der Waals surface area contributed by atoms with E-state index in [1.54, 1.807) is 0 Å². The summed E-state index contributed by atoms with van der Waals surface area (Å²) in [5, 5.41) is 0. The van der Waals surface area contributed by atoms with Gasteiger partial charge in [-0.3, -0.25) is 9.98 Å². The Bertz CT molecular complexity index is 336. The van der Waals surface area contributed by atoms with Crippen LogP contribution in [-0.2, 0) is 6.54 Å². The van der Waals surface area contributed by atoms with Crippen molar-refractivity contribution in [2.45, 2.75) is 26.3 Å². The molecule has 3 nitrogen and oxygen atoms in total. The van der Waals surface area contributed by atoms with Gasteiger partial charge in [-0.1, -0.05) is 6.07 Å². The van der Waals surface area contributed by atoms with Gasteiger partial charge in [0.05, 0.1) is 18.1 Å². The topological polar surface area (TPSA) is 51.3 Å². The molecule has 1 aliphatic carbocycles. The van der Waals surface area contributed by atoms with E-state index in [2.05, 4.69) is 9.98 Å². The molecule has 2 rings (SSSR count). The van der Waals surface area contributed by atoms with Crippen LogP contribution in [0.3, 0.4) is 0 Å². The fourth-order valence-corrected chi connectivity index (χ4v) is 1.27. The van der Waals surface area contributed by atoms with Gasteiger partial charge < -0.3 is 5.73 Å². The molecule has 0 amide bonds. The molecule has 14 heavy (non-hydrogen) atoms. The van der Waals surface area contributed by atoms with Gasteiger partial charge in [-0.15, -0.1) is 0 Å². The molecule has 1 saturated carbocycles. The Balaban J connectivity index is 1.96. The molecule has 0 aliphatic heterocycles. The Hall–Kier alpha value is -1.38. The minimum absolute atomic E-state index is 0.556. The van der Waals surface area contributed by atoms with Crippen molar-refractivity contribution in [2.24, 2.45) is 16.6 Å². The fourth-order valence-electron chi connectivity index (χ4n) is 1.27. The van der Waals surface area contributed by atoms with Gasteiger partial charge in [-0.25, -0.2) is 0 Å². The van der Waals surface area contributed by atoms with Gasteiger partial charge in [0.15, 0.2) is 0 Å². The third-order valence-corrected chi connectivity index (χ3v) is 2.39. The second-order valence-corrected chi connectivity index (χ2v) is 3.84. The predicted molar refractivity (Wildman–Crippen MR) is 57.0 cm³/mol. The van der Waals surface area contributed by atoms with E-state index >= 15 is 0 Å². The van der Waals surface area contributed by atoms with Crippen molar-refractivity contribution in [1.29, 1.82) is 0 Å². The molecule has 1 heterocycles. The van der Waals surface area contributed by atoms with Gasteiger partial charge in [0, 0.05) is 12.1 Å². The molecule has 0 spiro atoms. The molecule has 74 valence electrons. The second kappa shape index (κ2) is 3.78. The maximum atomic E-state index is 5.78. The van der Waals surface area contributed by atoms with Gasteiger partial charge >= 0.3 is 0 Å². The van der Waals surface area contributed by atoms with E-state index in [4.69, 9.17) is 5.73 Å². The minimum Gasteiger partial charge on any atom is -0.387 e. The molecule has 0 saturated heterocycles. The van der Waals surface area contributed by atoms with E-state index in [-0.39, 0.29) is 0 Å². The predicted octanol–water partition coefficient (Wildman–Crippen LogP) is 1.66. The van der Waals surface area contributed by atoms with E-state index in [0.29, 0.717) is 12.5 Å². The summed E-state index contributed by atoms with van der Waals surface area (Å²) >= 11 is 0. The van der Waals surface area contributed by atoms with Crippen molar-refractivity contribution in [3.8, 4) is 0 Å². The van der Waals surface area contributed by atoms with Crippen LogP contribution in [0.25, 0.3) is 0 Å². The zero-order valence-electron chi connectivity index (χ0n) is 8.40. The lowest BCUT2D eigenvalue weighted by molar-refractivity contribution is 0.960. The number of hydrogen-bond donors (Lipinski definition) is 1. The van der Waals surface area contributed by atoms with Crippen molar-refractivity contribution in [3.05, 3.63) is 29.6 Å². The first-order valence-electron chi connectivity index (χ1n) is 4.97. The number of nitrogens with zero attached hydrogens (tertiary/aromatic N) is 2. The molecule has 2 N–H and O–H groups in total. The van der Waals surface area contributed by atoms with Gasteiger partial charge in [0.1, 0.15) is 0 Å². The summed E-state index contributed by atoms with van der Waals surface area (Å²) in [6.07, 6.45) is 4.27. The van der Waals surface area contributed by atoms with Crippen LogP contribution >= 0.6 is 0 Å². The molecule has 0 bridgehead atoms. The van der Waals surface area contributed by atoms with Crippen LogP contribution in [0.4, 0.5) is 0 Å². The lowest BCUT2D eigenvalue weighted by Crippen LogP contribution is -2.14. The van der Waals surface area contributed by atoms with Crippen LogP contribution in [0.2, 0.25) is 0 Å². The summed E-state index contributed by atoms with van der Waals surface area (Å²) < 4.78 is 0. The number of aliphatic imine (C=N–C) groups is 1. The molecule has 3 heteroatoms. The van der Waals surface area contributed by atoms with Crippen molar-refractivity contribution in [1.82, 2.24) is 4.98 Å². The normalized spacial score (nSPS) is 17.1. The number of rotatable bonds is 3. The molecule has 1 aromatic rings. The highest BCUT2D eigenvalue weighted by Gasteiger charge is 2.25.